The Kier molecular flexibility index (Phi) is 4.93. The van der Waals surface area contributed by atoms with E-state index < -0.39 is 35.1 Å². The monoisotopic (exact) mass is 316 g/mol. The third kappa shape index (κ3) is 6.03. The van der Waals surface area contributed by atoms with Gasteiger partial charge in [-0.2, -0.15) is 13.2 Å². The number of nitrogens with two attached hydrogens (primary N) is 1. The molecule has 1 heterocycles. The van der Waals surface area contributed by atoms with Crippen LogP contribution in [0, 0.1) is 0 Å². The number of amides is 1. The fraction of sp³-hybridized carbons (Fsp3) is 0.444. The standard InChI is InChI=1S/C9H11F3N2O3S2/c10-9(11,12)3-4-14-7(15)5-6-1-2-8(18-6)19(13,16)17/h1-2H,3-5H2,(H,14,15)(H2,13,16,17). The number of carbonyl (C=O) groups is 1. The van der Waals surface area contributed by atoms with Crippen LogP contribution in [0.3, 0.4) is 0 Å². The molecular weight excluding hydrogens is 305 g/mol. The first-order valence-corrected chi connectivity index (χ1v) is 7.39. The highest BCUT2D eigenvalue weighted by atomic mass is 32.2. The maximum Gasteiger partial charge on any atom is 0.390 e. The molecule has 10 heteroatoms. The number of rotatable bonds is 5. The van der Waals surface area contributed by atoms with E-state index in [0.717, 1.165) is 11.3 Å². The van der Waals surface area contributed by atoms with E-state index in [-0.39, 0.29) is 10.6 Å². The molecule has 0 aromatic carbocycles. The zero-order valence-corrected chi connectivity index (χ0v) is 11.2. The molecule has 0 unspecified atom stereocenters. The summed E-state index contributed by atoms with van der Waals surface area (Å²) in [5, 5.41) is 6.99. The van der Waals surface area contributed by atoms with Crippen LogP contribution in [0.1, 0.15) is 11.3 Å². The number of nitrogens with one attached hydrogen (secondary N) is 1. The van der Waals surface area contributed by atoms with Gasteiger partial charge in [-0.15, -0.1) is 11.3 Å². The van der Waals surface area contributed by atoms with E-state index in [4.69, 9.17) is 5.14 Å². The van der Waals surface area contributed by atoms with Gasteiger partial charge in [-0.05, 0) is 12.1 Å². The second-order valence-corrected chi connectivity index (χ2v) is 6.61. The molecular formula is C9H11F3N2O3S2. The van der Waals surface area contributed by atoms with E-state index in [9.17, 15) is 26.4 Å². The first-order valence-electron chi connectivity index (χ1n) is 5.03. The van der Waals surface area contributed by atoms with Crippen LogP contribution in [-0.2, 0) is 21.2 Å². The maximum absolute atomic E-state index is 11.8. The fourth-order valence-electron chi connectivity index (χ4n) is 1.17. The van der Waals surface area contributed by atoms with Crippen LogP contribution in [0.15, 0.2) is 16.3 Å². The predicted octanol–water partition coefficient (Wildman–Crippen LogP) is 1.01. The summed E-state index contributed by atoms with van der Waals surface area (Å²) in [7, 11) is -3.82. The van der Waals surface area contributed by atoms with Gasteiger partial charge in [0.05, 0.1) is 12.8 Å². The first kappa shape index (κ1) is 15.9. The molecule has 0 saturated heterocycles. The van der Waals surface area contributed by atoms with Crippen LogP contribution in [0.5, 0.6) is 0 Å². The van der Waals surface area contributed by atoms with Gasteiger partial charge in [0.2, 0.25) is 15.9 Å². The molecule has 5 nitrogen and oxygen atoms in total. The SMILES string of the molecule is NS(=O)(=O)c1ccc(CC(=O)NCCC(F)(F)F)s1. The summed E-state index contributed by atoms with van der Waals surface area (Å²) < 4.78 is 57.4. The van der Waals surface area contributed by atoms with Crippen LogP contribution in [0.2, 0.25) is 0 Å². The molecule has 19 heavy (non-hydrogen) atoms. The Morgan fingerprint density at radius 2 is 2.00 bits per heavy atom. The summed E-state index contributed by atoms with van der Waals surface area (Å²) in [6.45, 7) is -0.504. The molecule has 0 aliphatic heterocycles. The number of carbonyl (C=O) groups excluding carboxylic acids is 1. The molecule has 1 rings (SSSR count). The Balaban J connectivity index is 2.47. The lowest BCUT2D eigenvalue weighted by molar-refractivity contribution is -0.135. The number of hydrogen-bond donors (Lipinski definition) is 2. The topological polar surface area (TPSA) is 89.3 Å². The van der Waals surface area contributed by atoms with Crippen molar-refractivity contribution in [1.82, 2.24) is 5.32 Å². The Morgan fingerprint density at radius 3 is 2.47 bits per heavy atom. The highest BCUT2D eigenvalue weighted by Crippen LogP contribution is 2.21. The van der Waals surface area contributed by atoms with E-state index >= 15 is 0 Å². The minimum absolute atomic E-state index is 0.0920. The van der Waals surface area contributed by atoms with Gasteiger partial charge in [0, 0.05) is 11.4 Å². The van der Waals surface area contributed by atoms with E-state index in [1.807, 2.05) is 0 Å². The summed E-state index contributed by atoms with van der Waals surface area (Å²) in [4.78, 5) is 11.7. The van der Waals surface area contributed by atoms with Gasteiger partial charge in [0.15, 0.2) is 0 Å². The average molecular weight is 316 g/mol. The normalized spacial score (nSPS) is 12.4. The summed E-state index contributed by atoms with van der Waals surface area (Å²) in [5.41, 5.74) is 0. The third-order valence-corrected chi connectivity index (χ3v) is 4.51. The van der Waals surface area contributed by atoms with E-state index in [1.54, 1.807) is 0 Å². The quantitative estimate of drug-likeness (QED) is 0.849. The Labute approximate surface area is 111 Å². The van der Waals surface area contributed by atoms with Crippen molar-refractivity contribution in [2.45, 2.75) is 23.2 Å². The lowest BCUT2D eigenvalue weighted by atomic mass is 10.3. The molecule has 1 aromatic rings. The highest BCUT2D eigenvalue weighted by molar-refractivity contribution is 7.91. The van der Waals surface area contributed by atoms with Crippen molar-refractivity contribution < 1.29 is 26.4 Å². The second-order valence-electron chi connectivity index (χ2n) is 3.66. The van der Waals surface area contributed by atoms with Crippen LogP contribution in [0.25, 0.3) is 0 Å². The van der Waals surface area contributed by atoms with Gasteiger partial charge in [-0.25, -0.2) is 13.6 Å². The van der Waals surface area contributed by atoms with Crippen LogP contribution in [0.4, 0.5) is 13.2 Å². The average Bonchev–Trinajstić information content (AvgIpc) is 2.63. The van der Waals surface area contributed by atoms with Crippen LogP contribution in [-0.4, -0.2) is 27.0 Å². The number of sulfonamides is 1. The van der Waals surface area contributed by atoms with Gasteiger partial charge >= 0.3 is 6.18 Å². The minimum Gasteiger partial charge on any atom is -0.355 e. The van der Waals surface area contributed by atoms with Gasteiger partial charge in [0.25, 0.3) is 0 Å². The molecule has 1 aromatic heterocycles. The number of hydrogen-bond acceptors (Lipinski definition) is 4. The fourth-order valence-corrected chi connectivity index (χ4v) is 2.95. The summed E-state index contributed by atoms with van der Waals surface area (Å²) in [6.07, 6.45) is -5.61. The zero-order valence-electron chi connectivity index (χ0n) is 9.53. The zero-order chi connectivity index (χ0) is 14.7. The lowest BCUT2D eigenvalue weighted by Gasteiger charge is -2.07. The predicted molar refractivity (Wildman–Crippen MR) is 63.1 cm³/mol. The highest BCUT2D eigenvalue weighted by Gasteiger charge is 2.26. The minimum atomic E-state index is -4.32. The van der Waals surface area contributed by atoms with Crippen molar-refractivity contribution in [3.63, 3.8) is 0 Å². The number of thiophene rings is 1. The van der Waals surface area contributed by atoms with E-state index in [0.29, 0.717) is 4.88 Å². The molecule has 0 fully saturated rings. The lowest BCUT2D eigenvalue weighted by Crippen LogP contribution is -2.28. The molecule has 1 amide bonds. The molecule has 0 bridgehead atoms. The van der Waals surface area contributed by atoms with Crippen LogP contribution >= 0.6 is 11.3 Å². The van der Waals surface area contributed by atoms with E-state index in [2.05, 4.69) is 5.32 Å². The third-order valence-electron chi connectivity index (χ3n) is 1.98. The largest absolute Gasteiger partial charge is 0.390 e. The van der Waals surface area contributed by atoms with Crippen molar-refractivity contribution in [3.05, 3.63) is 17.0 Å². The van der Waals surface area contributed by atoms with Gasteiger partial charge in [0.1, 0.15) is 4.21 Å². The summed E-state index contributed by atoms with van der Waals surface area (Å²) in [5.74, 6) is -0.605. The van der Waals surface area contributed by atoms with Crippen molar-refractivity contribution in [2.24, 2.45) is 5.14 Å². The number of primary sulfonamides is 1. The van der Waals surface area contributed by atoms with Gasteiger partial charge in [-0.1, -0.05) is 0 Å². The maximum atomic E-state index is 11.8. The van der Waals surface area contributed by atoms with E-state index in [1.165, 1.54) is 12.1 Å². The molecule has 0 radical (unpaired) electrons. The molecule has 108 valence electrons. The first-order chi connectivity index (χ1) is 8.58. The summed E-state index contributed by atoms with van der Waals surface area (Å²) in [6, 6.07) is 2.64. The molecule has 0 saturated carbocycles. The molecule has 3 N–H and O–H groups in total. The molecule has 0 aliphatic rings. The molecule has 0 atom stereocenters. The van der Waals surface area contributed by atoms with Gasteiger partial charge < -0.3 is 5.32 Å². The number of halogens is 3. The Morgan fingerprint density at radius 1 is 1.37 bits per heavy atom. The van der Waals surface area contributed by atoms with Crippen molar-refractivity contribution >= 4 is 27.3 Å². The van der Waals surface area contributed by atoms with Gasteiger partial charge in [-0.3, -0.25) is 4.79 Å². The smallest absolute Gasteiger partial charge is 0.355 e. The molecule has 0 spiro atoms. The summed E-state index contributed by atoms with van der Waals surface area (Å²) >= 11 is 0.811. The number of alkyl halides is 3. The van der Waals surface area contributed by atoms with Crippen molar-refractivity contribution in [1.29, 1.82) is 0 Å². The Hall–Kier alpha value is -1.13. The van der Waals surface area contributed by atoms with Crippen molar-refractivity contribution in [2.75, 3.05) is 6.54 Å². The molecule has 0 aliphatic carbocycles. The van der Waals surface area contributed by atoms with Crippen molar-refractivity contribution in [3.8, 4) is 0 Å². The second kappa shape index (κ2) is 5.88. The van der Waals surface area contributed by atoms with Crippen LogP contribution < -0.4 is 10.5 Å². The Bertz CT molecular complexity index is 551.